The van der Waals surface area contributed by atoms with Gasteiger partial charge in [0.25, 0.3) is 0 Å². The van der Waals surface area contributed by atoms with Crippen molar-refractivity contribution in [2.75, 3.05) is 18.4 Å². The molecule has 0 spiro atoms. The molecule has 1 aromatic heterocycles. The predicted octanol–water partition coefficient (Wildman–Crippen LogP) is 4.71. The molecular formula is C23H22ClN3O4S2. The number of nitrogens with one attached hydrogen (secondary N) is 1. The molecule has 1 saturated heterocycles. The molecule has 0 bridgehead atoms. The Morgan fingerprint density at radius 2 is 1.70 bits per heavy atom. The number of benzene rings is 2. The molecule has 1 aliphatic rings. The SMILES string of the molecule is CC(=O)c1sc(NC(=O)C2CCN(S(=O)(=O)c3ccc(Cl)cc3)CC2)nc1-c1ccccc1. The number of anilines is 1. The molecule has 7 nitrogen and oxygen atoms in total. The highest BCUT2D eigenvalue weighted by molar-refractivity contribution is 7.89. The second kappa shape index (κ2) is 9.72. The van der Waals surface area contributed by atoms with E-state index in [4.69, 9.17) is 11.6 Å². The van der Waals surface area contributed by atoms with E-state index in [2.05, 4.69) is 10.3 Å². The zero-order valence-electron chi connectivity index (χ0n) is 17.8. The third-order valence-electron chi connectivity index (χ3n) is 5.50. The topological polar surface area (TPSA) is 96.4 Å². The number of rotatable bonds is 6. The van der Waals surface area contributed by atoms with Gasteiger partial charge in [-0.25, -0.2) is 13.4 Å². The number of carbonyl (C=O) groups excluding carboxylic acids is 2. The van der Waals surface area contributed by atoms with Crippen molar-refractivity contribution in [1.82, 2.24) is 9.29 Å². The van der Waals surface area contributed by atoms with Crippen LogP contribution in [0, 0.1) is 5.92 Å². The van der Waals surface area contributed by atoms with Crippen LogP contribution < -0.4 is 5.32 Å². The minimum absolute atomic E-state index is 0.118. The monoisotopic (exact) mass is 503 g/mol. The lowest BCUT2D eigenvalue weighted by Gasteiger charge is -2.30. The zero-order chi connectivity index (χ0) is 23.6. The molecule has 1 N–H and O–H groups in total. The van der Waals surface area contributed by atoms with Crippen LogP contribution in [0.25, 0.3) is 11.3 Å². The normalized spacial score (nSPS) is 15.3. The lowest BCUT2D eigenvalue weighted by atomic mass is 9.97. The maximum absolute atomic E-state index is 12.8. The molecule has 10 heteroatoms. The Morgan fingerprint density at radius 3 is 2.30 bits per heavy atom. The maximum Gasteiger partial charge on any atom is 0.243 e. The summed E-state index contributed by atoms with van der Waals surface area (Å²) in [5.41, 5.74) is 1.35. The van der Waals surface area contributed by atoms with E-state index >= 15 is 0 Å². The lowest BCUT2D eigenvalue weighted by Crippen LogP contribution is -2.41. The fraction of sp³-hybridized carbons (Fsp3) is 0.261. The lowest BCUT2D eigenvalue weighted by molar-refractivity contribution is -0.120. The first-order valence-electron chi connectivity index (χ1n) is 10.4. The molecule has 0 unspecified atom stereocenters. The summed E-state index contributed by atoms with van der Waals surface area (Å²) in [5.74, 6) is -0.680. The first kappa shape index (κ1) is 23.6. The van der Waals surface area contributed by atoms with Gasteiger partial charge in [-0.15, -0.1) is 0 Å². The number of ketones is 1. The number of thiazole rings is 1. The fourth-order valence-corrected chi connectivity index (χ4v) is 6.21. The second-order valence-corrected chi connectivity index (χ2v) is 11.1. The second-order valence-electron chi connectivity index (χ2n) is 7.74. The van der Waals surface area contributed by atoms with Gasteiger partial charge in [0.2, 0.25) is 15.9 Å². The molecule has 2 heterocycles. The van der Waals surface area contributed by atoms with E-state index in [0.717, 1.165) is 16.9 Å². The molecule has 172 valence electrons. The molecule has 3 aromatic rings. The Bertz CT molecular complexity index is 1270. The molecule has 1 fully saturated rings. The smallest absolute Gasteiger partial charge is 0.243 e. The Balaban J connectivity index is 1.43. The molecule has 0 saturated carbocycles. The number of Topliss-reactive ketones (excluding diaryl/α,β-unsaturated/α-hetero) is 1. The Labute approximate surface area is 201 Å². The van der Waals surface area contributed by atoms with E-state index in [1.165, 1.54) is 23.4 Å². The Morgan fingerprint density at radius 1 is 1.06 bits per heavy atom. The van der Waals surface area contributed by atoms with Gasteiger partial charge < -0.3 is 5.32 Å². The average Bonchev–Trinajstić information content (AvgIpc) is 3.24. The van der Waals surface area contributed by atoms with Crippen molar-refractivity contribution in [3.63, 3.8) is 0 Å². The number of halogens is 1. The standard InChI is InChI=1S/C23H22ClN3O4S2/c1-15(28)21-20(16-5-3-2-4-6-16)25-23(32-21)26-22(29)17-11-13-27(14-12-17)33(30,31)19-9-7-18(24)8-10-19/h2-10,17H,11-14H2,1H3,(H,25,26,29). The maximum atomic E-state index is 12.8. The first-order valence-corrected chi connectivity index (χ1v) is 13.0. The molecule has 2 aromatic carbocycles. The zero-order valence-corrected chi connectivity index (χ0v) is 20.2. The van der Waals surface area contributed by atoms with E-state index in [1.807, 2.05) is 30.3 Å². The van der Waals surface area contributed by atoms with Crippen molar-refractivity contribution in [2.45, 2.75) is 24.7 Å². The van der Waals surface area contributed by atoms with Crippen molar-refractivity contribution in [3.8, 4) is 11.3 Å². The third-order valence-corrected chi connectivity index (χ3v) is 8.74. The first-order chi connectivity index (χ1) is 15.8. The average molecular weight is 504 g/mol. The summed E-state index contributed by atoms with van der Waals surface area (Å²) in [7, 11) is -3.63. The van der Waals surface area contributed by atoms with Gasteiger partial charge >= 0.3 is 0 Å². The number of hydrogen-bond acceptors (Lipinski definition) is 6. The van der Waals surface area contributed by atoms with Crippen LogP contribution in [0.3, 0.4) is 0 Å². The van der Waals surface area contributed by atoms with Crippen LogP contribution in [0.5, 0.6) is 0 Å². The molecule has 0 atom stereocenters. The molecule has 33 heavy (non-hydrogen) atoms. The summed E-state index contributed by atoms with van der Waals surface area (Å²) < 4.78 is 27.1. The van der Waals surface area contributed by atoms with Crippen molar-refractivity contribution in [2.24, 2.45) is 5.92 Å². The molecule has 0 radical (unpaired) electrons. The third kappa shape index (κ3) is 5.16. The van der Waals surface area contributed by atoms with Crippen LogP contribution in [-0.2, 0) is 14.8 Å². The summed E-state index contributed by atoms with van der Waals surface area (Å²) in [4.78, 5) is 30.1. The Hall–Kier alpha value is -2.59. The summed E-state index contributed by atoms with van der Waals surface area (Å²) in [6.45, 7) is 1.96. The van der Waals surface area contributed by atoms with E-state index in [1.54, 1.807) is 12.1 Å². The van der Waals surface area contributed by atoms with Gasteiger partial charge in [-0.3, -0.25) is 9.59 Å². The van der Waals surface area contributed by atoms with Crippen LogP contribution >= 0.6 is 22.9 Å². The largest absolute Gasteiger partial charge is 0.302 e. The van der Waals surface area contributed by atoms with Crippen LogP contribution in [0.1, 0.15) is 29.4 Å². The van der Waals surface area contributed by atoms with E-state index in [9.17, 15) is 18.0 Å². The van der Waals surface area contributed by atoms with Crippen LogP contribution in [0.2, 0.25) is 5.02 Å². The quantitative estimate of drug-likeness (QED) is 0.491. The van der Waals surface area contributed by atoms with Crippen molar-refractivity contribution >= 4 is 49.8 Å². The predicted molar refractivity (Wildman–Crippen MR) is 129 cm³/mol. The van der Waals surface area contributed by atoms with Gasteiger partial charge in [-0.05, 0) is 37.1 Å². The number of nitrogens with zero attached hydrogens (tertiary/aromatic N) is 2. The van der Waals surface area contributed by atoms with Gasteiger partial charge in [0.05, 0.1) is 15.5 Å². The van der Waals surface area contributed by atoms with Crippen LogP contribution in [0.15, 0.2) is 59.5 Å². The van der Waals surface area contributed by atoms with E-state index in [0.29, 0.717) is 33.6 Å². The summed E-state index contributed by atoms with van der Waals surface area (Å²) in [6.07, 6.45) is 0.796. The number of hydrogen-bond donors (Lipinski definition) is 1. The number of amides is 1. The molecule has 1 aliphatic heterocycles. The number of aromatic nitrogens is 1. The summed E-state index contributed by atoms with van der Waals surface area (Å²) in [5, 5.41) is 3.65. The Kier molecular flexibility index (Phi) is 6.94. The van der Waals surface area contributed by atoms with Crippen LogP contribution in [-0.4, -0.2) is 42.5 Å². The minimum Gasteiger partial charge on any atom is -0.302 e. The molecular weight excluding hydrogens is 482 g/mol. The number of sulfonamides is 1. The van der Waals surface area contributed by atoms with Crippen LogP contribution in [0.4, 0.5) is 5.13 Å². The summed E-state index contributed by atoms with van der Waals surface area (Å²) in [6, 6.07) is 15.4. The number of piperidine rings is 1. The van der Waals surface area contributed by atoms with E-state index in [-0.39, 0.29) is 35.6 Å². The fourth-order valence-electron chi connectivity index (χ4n) is 3.73. The highest BCUT2D eigenvalue weighted by Gasteiger charge is 2.32. The van der Waals surface area contributed by atoms with Crippen molar-refractivity contribution in [1.29, 1.82) is 0 Å². The van der Waals surface area contributed by atoms with Gasteiger partial charge in [0.1, 0.15) is 0 Å². The summed E-state index contributed by atoms with van der Waals surface area (Å²) >= 11 is 7.00. The molecule has 0 aliphatic carbocycles. The highest BCUT2D eigenvalue weighted by Crippen LogP contribution is 2.32. The van der Waals surface area contributed by atoms with E-state index < -0.39 is 10.0 Å². The molecule has 4 rings (SSSR count). The highest BCUT2D eigenvalue weighted by atomic mass is 35.5. The molecule has 1 amide bonds. The van der Waals surface area contributed by atoms with Crippen molar-refractivity contribution in [3.05, 3.63) is 64.5 Å². The van der Waals surface area contributed by atoms with Gasteiger partial charge in [0, 0.05) is 36.5 Å². The minimum atomic E-state index is -3.63. The van der Waals surface area contributed by atoms with Gasteiger partial charge in [-0.2, -0.15) is 4.31 Å². The van der Waals surface area contributed by atoms with Gasteiger partial charge in [-0.1, -0.05) is 53.3 Å². The van der Waals surface area contributed by atoms with Gasteiger partial charge in [0.15, 0.2) is 10.9 Å². The number of carbonyl (C=O) groups is 2. The van der Waals surface area contributed by atoms with Crippen molar-refractivity contribution < 1.29 is 18.0 Å².